The second kappa shape index (κ2) is 11.3. The number of aldehydes is 1. The number of aromatic hydroxyl groups is 1. The number of amides is 1. The summed E-state index contributed by atoms with van der Waals surface area (Å²) in [4.78, 5) is 40.5. The van der Waals surface area contributed by atoms with Gasteiger partial charge in [-0.25, -0.2) is 10.1 Å². The van der Waals surface area contributed by atoms with Crippen molar-refractivity contribution in [2.24, 2.45) is 4.99 Å². The number of hydrogen-bond donors (Lipinski definition) is 3. The Hall–Kier alpha value is -4.31. The van der Waals surface area contributed by atoms with Crippen LogP contribution >= 0.6 is 0 Å². The van der Waals surface area contributed by atoms with Gasteiger partial charge in [-0.3, -0.25) is 19.3 Å². The molecule has 0 spiro atoms. The Morgan fingerprint density at radius 3 is 2.49 bits per heavy atom. The van der Waals surface area contributed by atoms with Gasteiger partial charge in [0, 0.05) is 66.4 Å². The number of aromatic nitrogens is 1. The van der Waals surface area contributed by atoms with Crippen molar-refractivity contribution in [1.29, 1.82) is 0 Å². The number of fused-ring (bicyclic) bond motifs is 3. The molecule has 210 valence electrons. The first-order chi connectivity index (χ1) is 19.9. The minimum Gasteiger partial charge on any atom is -0.494 e. The number of aryl methyl sites for hydroxylation is 1. The number of nitrogens with zero attached hydrogens (tertiary/aromatic N) is 3. The second-order valence-corrected chi connectivity index (χ2v) is 10.8. The van der Waals surface area contributed by atoms with Gasteiger partial charge in [0.15, 0.2) is 5.88 Å². The molecular weight excluding hydrogens is 518 g/mol. The zero-order chi connectivity index (χ0) is 28.5. The lowest BCUT2D eigenvalue weighted by Gasteiger charge is -2.48. The average molecular weight is 552 g/mol. The van der Waals surface area contributed by atoms with E-state index in [1.165, 1.54) is 11.5 Å². The number of aromatic amines is 1. The van der Waals surface area contributed by atoms with Crippen LogP contribution < -0.4 is 5.32 Å². The quantitative estimate of drug-likeness (QED) is 0.163. The SMILES string of the molecule is Cc1cc2c(C(=Nc3ccc(C(=O)N(C)OCCN4CC5CC(C4)N5)cc3)c3ccccc3)c(O)[nH]c2cc1C=O. The van der Waals surface area contributed by atoms with Crippen LogP contribution in [-0.4, -0.2) is 83.3 Å². The molecule has 2 atom stereocenters. The van der Waals surface area contributed by atoms with Crippen LogP contribution in [0.15, 0.2) is 71.7 Å². The van der Waals surface area contributed by atoms with E-state index < -0.39 is 0 Å². The highest BCUT2D eigenvalue weighted by Crippen LogP contribution is 2.33. The number of hydrogen-bond acceptors (Lipinski definition) is 7. The summed E-state index contributed by atoms with van der Waals surface area (Å²) in [7, 11) is 1.63. The third-order valence-corrected chi connectivity index (χ3v) is 7.91. The molecule has 3 aliphatic rings. The molecule has 0 aliphatic carbocycles. The number of benzene rings is 3. The summed E-state index contributed by atoms with van der Waals surface area (Å²) in [5.74, 6) is -0.267. The lowest BCUT2D eigenvalue weighted by atomic mass is 9.91. The average Bonchev–Trinajstić information content (AvgIpc) is 3.29. The van der Waals surface area contributed by atoms with Crippen LogP contribution in [0.2, 0.25) is 0 Å². The number of piperazine rings is 1. The molecule has 3 aromatic carbocycles. The van der Waals surface area contributed by atoms with E-state index in [4.69, 9.17) is 9.83 Å². The Morgan fingerprint density at radius 2 is 1.80 bits per heavy atom. The summed E-state index contributed by atoms with van der Waals surface area (Å²) in [5.41, 5.74) is 5.04. The molecule has 1 aromatic heterocycles. The molecule has 4 aromatic rings. The minimum absolute atomic E-state index is 0.0338. The van der Waals surface area contributed by atoms with Crippen molar-refractivity contribution in [3.63, 3.8) is 0 Å². The first kappa shape index (κ1) is 26.9. The van der Waals surface area contributed by atoms with E-state index in [0.717, 1.165) is 42.4 Å². The summed E-state index contributed by atoms with van der Waals surface area (Å²) in [5, 5.41) is 16.5. The number of nitrogens with one attached hydrogen (secondary N) is 2. The van der Waals surface area contributed by atoms with Crippen molar-refractivity contribution in [2.45, 2.75) is 25.4 Å². The van der Waals surface area contributed by atoms with Gasteiger partial charge in [-0.1, -0.05) is 30.3 Å². The maximum atomic E-state index is 13.0. The molecule has 0 saturated carbocycles. The van der Waals surface area contributed by atoms with E-state index in [0.29, 0.717) is 52.3 Å². The normalized spacial score (nSPS) is 18.7. The predicted molar refractivity (Wildman–Crippen MR) is 158 cm³/mol. The Bertz CT molecular complexity index is 1600. The zero-order valence-electron chi connectivity index (χ0n) is 23.1. The van der Waals surface area contributed by atoms with Crippen molar-refractivity contribution >= 4 is 34.5 Å². The number of carbonyl (C=O) groups excluding carboxylic acids is 2. The van der Waals surface area contributed by atoms with Gasteiger partial charge in [0.05, 0.1) is 23.6 Å². The number of H-pyrrole nitrogens is 1. The fourth-order valence-corrected chi connectivity index (χ4v) is 5.72. The number of carbonyl (C=O) groups is 2. The van der Waals surface area contributed by atoms with E-state index in [1.807, 2.05) is 43.3 Å². The largest absolute Gasteiger partial charge is 0.494 e. The standard InChI is InChI=1S/C32H33N5O4/c1-20-14-27-28(15-23(20)19-38)35-31(39)29(27)30(21-6-4-3-5-7-21)34-24-10-8-22(9-11-24)32(40)36(2)41-13-12-37-17-25-16-26(18-37)33-25/h3-11,14-15,19,25-26,33,35,39H,12-13,16-18H2,1-2H3. The number of aliphatic imine (C=N–C) groups is 1. The molecule has 3 saturated heterocycles. The summed E-state index contributed by atoms with van der Waals surface area (Å²) >= 11 is 0. The van der Waals surface area contributed by atoms with Crippen molar-refractivity contribution in [3.8, 4) is 5.88 Å². The highest BCUT2D eigenvalue weighted by atomic mass is 16.7. The maximum absolute atomic E-state index is 13.0. The molecule has 3 aliphatic heterocycles. The van der Waals surface area contributed by atoms with Crippen LogP contribution in [0.4, 0.5) is 5.69 Å². The molecule has 3 N–H and O–H groups in total. The summed E-state index contributed by atoms with van der Waals surface area (Å²) < 4.78 is 0. The van der Waals surface area contributed by atoms with Crippen LogP contribution in [0, 0.1) is 6.92 Å². The lowest BCUT2D eigenvalue weighted by Crippen LogP contribution is -2.67. The van der Waals surface area contributed by atoms with Gasteiger partial charge in [0.1, 0.15) is 6.29 Å². The fraction of sp³-hybridized carbons (Fsp3) is 0.281. The first-order valence-electron chi connectivity index (χ1n) is 13.8. The first-order valence-corrected chi connectivity index (χ1v) is 13.8. The molecule has 0 radical (unpaired) electrons. The molecule has 1 amide bonds. The summed E-state index contributed by atoms with van der Waals surface area (Å²) in [6.07, 6.45) is 2.06. The number of hydroxylamine groups is 2. The Labute approximate surface area is 238 Å². The van der Waals surface area contributed by atoms with Crippen molar-refractivity contribution in [1.82, 2.24) is 20.3 Å². The minimum atomic E-state index is -0.234. The molecule has 41 heavy (non-hydrogen) atoms. The Kier molecular flexibility index (Phi) is 7.40. The van der Waals surface area contributed by atoms with E-state index in [1.54, 1.807) is 37.4 Å². The van der Waals surface area contributed by atoms with E-state index in [9.17, 15) is 14.7 Å². The van der Waals surface area contributed by atoms with Gasteiger partial charge >= 0.3 is 0 Å². The molecular formula is C32H33N5O4. The van der Waals surface area contributed by atoms with E-state index in [2.05, 4.69) is 15.2 Å². The van der Waals surface area contributed by atoms with E-state index in [-0.39, 0.29) is 11.8 Å². The van der Waals surface area contributed by atoms with Gasteiger partial charge in [0.25, 0.3) is 5.91 Å². The molecule has 2 bridgehead atoms. The highest BCUT2D eigenvalue weighted by Gasteiger charge is 2.36. The number of rotatable bonds is 9. The third kappa shape index (κ3) is 5.52. The summed E-state index contributed by atoms with van der Waals surface area (Å²) in [6, 6.07) is 21.4. The topological polar surface area (TPSA) is 110 Å². The molecule has 4 heterocycles. The van der Waals surface area contributed by atoms with Crippen LogP contribution in [0.25, 0.3) is 10.9 Å². The van der Waals surface area contributed by atoms with Crippen molar-refractivity contribution in [2.75, 3.05) is 33.3 Å². The zero-order valence-corrected chi connectivity index (χ0v) is 23.1. The van der Waals surface area contributed by atoms with Gasteiger partial charge < -0.3 is 15.4 Å². The van der Waals surface area contributed by atoms with Crippen molar-refractivity contribution < 1.29 is 19.5 Å². The maximum Gasteiger partial charge on any atom is 0.277 e. The Morgan fingerprint density at radius 1 is 1.10 bits per heavy atom. The van der Waals surface area contributed by atoms with Gasteiger partial charge in [0.2, 0.25) is 0 Å². The van der Waals surface area contributed by atoms with Crippen LogP contribution in [0.3, 0.4) is 0 Å². The van der Waals surface area contributed by atoms with Crippen LogP contribution in [-0.2, 0) is 4.84 Å². The monoisotopic (exact) mass is 551 g/mol. The Balaban J connectivity index is 1.22. The predicted octanol–water partition coefficient (Wildman–Crippen LogP) is 4.21. The van der Waals surface area contributed by atoms with Crippen LogP contribution in [0.5, 0.6) is 5.88 Å². The molecule has 7 rings (SSSR count). The molecule has 9 nitrogen and oxygen atoms in total. The smallest absolute Gasteiger partial charge is 0.277 e. The fourth-order valence-electron chi connectivity index (χ4n) is 5.72. The highest BCUT2D eigenvalue weighted by molar-refractivity contribution is 6.22. The molecule has 9 heteroatoms. The number of piperidine rings is 1. The van der Waals surface area contributed by atoms with Gasteiger partial charge in [-0.15, -0.1) is 0 Å². The van der Waals surface area contributed by atoms with Gasteiger partial charge in [-0.05, 0) is 55.3 Å². The lowest BCUT2D eigenvalue weighted by molar-refractivity contribution is -0.113. The van der Waals surface area contributed by atoms with Crippen molar-refractivity contribution in [3.05, 3.63) is 94.5 Å². The third-order valence-electron chi connectivity index (χ3n) is 7.91. The second-order valence-electron chi connectivity index (χ2n) is 10.8. The van der Waals surface area contributed by atoms with E-state index >= 15 is 0 Å². The summed E-state index contributed by atoms with van der Waals surface area (Å²) in [6.45, 7) is 5.16. The van der Waals surface area contributed by atoms with Crippen LogP contribution in [0.1, 0.15) is 43.8 Å². The molecule has 2 unspecified atom stereocenters. The van der Waals surface area contributed by atoms with Gasteiger partial charge in [-0.2, -0.15) is 0 Å². The molecule has 3 fully saturated rings.